The fourth-order valence-electron chi connectivity index (χ4n) is 1.64. The molecule has 0 saturated heterocycles. The van der Waals surface area contributed by atoms with Gasteiger partial charge in [-0.1, -0.05) is 11.6 Å². The highest BCUT2D eigenvalue weighted by Crippen LogP contribution is 2.22. The van der Waals surface area contributed by atoms with E-state index in [-0.39, 0.29) is 0 Å². The lowest BCUT2D eigenvalue weighted by molar-refractivity contribution is 0.576. The summed E-state index contributed by atoms with van der Waals surface area (Å²) in [6.07, 6.45) is 6.84. The van der Waals surface area contributed by atoms with Crippen molar-refractivity contribution in [1.29, 1.82) is 0 Å². The van der Waals surface area contributed by atoms with E-state index in [4.69, 9.17) is 16.0 Å². The highest BCUT2D eigenvalue weighted by atomic mass is 35.5. The summed E-state index contributed by atoms with van der Waals surface area (Å²) < 4.78 is 7.23. The molecule has 3 aromatic rings. The van der Waals surface area contributed by atoms with Crippen molar-refractivity contribution in [2.45, 2.75) is 0 Å². The first-order valence-electron chi connectivity index (χ1n) is 5.04. The van der Waals surface area contributed by atoms with E-state index in [1.807, 2.05) is 29.0 Å². The van der Waals surface area contributed by atoms with Gasteiger partial charge in [0.25, 0.3) is 0 Å². The largest absolute Gasteiger partial charge is 0.461 e. The molecule has 0 fully saturated rings. The van der Waals surface area contributed by atoms with Gasteiger partial charge in [-0.2, -0.15) is 0 Å². The third-order valence-electron chi connectivity index (χ3n) is 2.37. The summed E-state index contributed by atoms with van der Waals surface area (Å²) in [5, 5.41) is 0.446. The van der Waals surface area contributed by atoms with E-state index >= 15 is 0 Å². The van der Waals surface area contributed by atoms with Gasteiger partial charge < -0.3 is 4.42 Å². The molecule has 0 aliphatic heterocycles. The molecule has 3 aromatic heterocycles. The predicted octanol–water partition coefficient (Wildman–Crippen LogP) is 3.18. The van der Waals surface area contributed by atoms with E-state index in [0.29, 0.717) is 10.9 Å². The molecule has 0 aliphatic carbocycles. The summed E-state index contributed by atoms with van der Waals surface area (Å²) in [6, 6.07) is 7.32. The zero-order chi connectivity index (χ0) is 11.7. The molecule has 84 valence electrons. The number of hydrogen-bond donors (Lipinski definition) is 0. The van der Waals surface area contributed by atoms with Gasteiger partial charge in [-0.25, -0.2) is 9.97 Å². The van der Waals surface area contributed by atoms with Gasteiger partial charge in [-0.05, 0) is 24.3 Å². The molecule has 4 nitrogen and oxygen atoms in total. The Morgan fingerprint density at radius 1 is 1.18 bits per heavy atom. The summed E-state index contributed by atoms with van der Waals surface area (Å²) >= 11 is 5.87. The first-order valence-corrected chi connectivity index (χ1v) is 5.41. The molecule has 3 rings (SSSR count). The highest BCUT2D eigenvalue weighted by molar-refractivity contribution is 6.29. The zero-order valence-electron chi connectivity index (χ0n) is 8.75. The van der Waals surface area contributed by atoms with Gasteiger partial charge in [0.15, 0.2) is 11.6 Å². The molecule has 3 heterocycles. The van der Waals surface area contributed by atoms with Crippen LogP contribution in [-0.2, 0) is 0 Å². The Balaban J connectivity index is 2.14. The second-order valence-electron chi connectivity index (χ2n) is 3.43. The zero-order valence-corrected chi connectivity index (χ0v) is 9.50. The van der Waals surface area contributed by atoms with E-state index < -0.39 is 0 Å². The third kappa shape index (κ3) is 1.83. The Labute approximate surface area is 103 Å². The minimum absolute atomic E-state index is 0.446. The van der Waals surface area contributed by atoms with E-state index in [9.17, 15) is 0 Å². The van der Waals surface area contributed by atoms with Crippen molar-refractivity contribution in [3.8, 4) is 17.3 Å². The summed E-state index contributed by atoms with van der Waals surface area (Å²) in [7, 11) is 0. The van der Waals surface area contributed by atoms with Crippen molar-refractivity contribution in [3.63, 3.8) is 0 Å². The molecular formula is C12H8ClN3O. The van der Waals surface area contributed by atoms with Gasteiger partial charge in [-0.15, -0.1) is 0 Å². The minimum atomic E-state index is 0.446. The highest BCUT2D eigenvalue weighted by Gasteiger charge is 2.10. The van der Waals surface area contributed by atoms with Crippen LogP contribution in [0.4, 0.5) is 0 Å². The van der Waals surface area contributed by atoms with Gasteiger partial charge in [0.1, 0.15) is 5.15 Å². The van der Waals surface area contributed by atoms with Crippen LogP contribution in [0, 0.1) is 0 Å². The molecule has 5 heteroatoms. The molecule has 0 spiro atoms. The van der Waals surface area contributed by atoms with Crippen LogP contribution in [-0.4, -0.2) is 14.5 Å². The lowest BCUT2D eigenvalue weighted by atomic mass is 10.3. The van der Waals surface area contributed by atoms with E-state index in [0.717, 1.165) is 11.5 Å². The Hall–Kier alpha value is -2.07. The monoisotopic (exact) mass is 245 g/mol. The average Bonchev–Trinajstić information content (AvgIpc) is 3.00. The number of furan rings is 1. The van der Waals surface area contributed by atoms with Crippen LogP contribution in [0.1, 0.15) is 0 Å². The smallest absolute Gasteiger partial charge is 0.180 e. The van der Waals surface area contributed by atoms with Crippen molar-refractivity contribution < 1.29 is 4.42 Å². The molecular weight excluding hydrogens is 238 g/mol. The lowest BCUT2D eigenvalue weighted by Crippen LogP contribution is -1.95. The fraction of sp³-hybridized carbons (Fsp3) is 0. The predicted molar refractivity (Wildman–Crippen MR) is 64.1 cm³/mol. The standard InChI is InChI=1S/C12H8ClN3O/c13-11-8-9(3-4-14-11)16-6-5-15-12(16)10-2-1-7-17-10/h1-8H. The summed E-state index contributed by atoms with van der Waals surface area (Å²) in [4.78, 5) is 8.22. The molecule has 17 heavy (non-hydrogen) atoms. The number of hydrogen-bond acceptors (Lipinski definition) is 3. The Bertz CT molecular complexity index is 631. The van der Waals surface area contributed by atoms with Crippen molar-refractivity contribution >= 4 is 11.6 Å². The van der Waals surface area contributed by atoms with Crippen LogP contribution in [0.3, 0.4) is 0 Å². The lowest BCUT2D eigenvalue weighted by Gasteiger charge is -2.05. The summed E-state index contributed by atoms with van der Waals surface area (Å²) in [5.74, 6) is 1.44. The topological polar surface area (TPSA) is 43.9 Å². The van der Waals surface area contributed by atoms with E-state index in [1.54, 1.807) is 24.7 Å². The SMILES string of the molecule is Clc1cc(-n2ccnc2-c2ccco2)ccn1. The van der Waals surface area contributed by atoms with Crippen LogP contribution in [0.2, 0.25) is 5.15 Å². The van der Waals surface area contributed by atoms with Crippen molar-refractivity contribution in [1.82, 2.24) is 14.5 Å². The molecule has 0 radical (unpaired) electrons. The Morgan fingerprint density at radius 2 is 2.12 bits per heavy atom. The quantitative estimate of drug-likeness (QED) is 0.652. The molecule has 0 N–H and O–H groups in total. The maximum Gasteiger partial charge on any atom is 0.180 e. The first-order chi connectivity index (χ1) is 8.34. The first kappa shape index (κ1) is 10.1. The Kier molecular flexibility index (Phi) is 2.42. The average molecular weight is 246 g/mol. The molecule has 0 atom stereocenters. The second-order valence-corrected chi connectivity index (χ2v) is 3.82. The normalized spacial score (nSPS) is 10.6. The van der Waals surface area contributed by atoms with Crippen LogP contribution in [0.15, 0.2) is 53.5 Å². The van der Waals surface area contributed by atoms with Gasteiger partial charge in [0.2, 0.25) is 0 Å². The van der Waals surface area contributed by atoms with Crippen LogP contribution in [0.25, 0.3) is 17.3 Å². The van der Waals surface area contributed by atoms with Gasteiger partial charge in [0, 0.05) is 18.6 Å². The number of pyridine rings is 1. The van der Waals surface area contributed by atoms with E-state index in [2.05, 4.69) is 9.97 Å². The molecule has 0 aliphatic rings. The maximum atomic E-state index is 5.87. The molecule has 0 amide bonds. The van der Waals surface area contributed by atoms with Gasteiger partial charge in [0.05, 0.1) is 12.0 Å². The number of nitrogens with zero attached hydrogens (tertiary/aromatic N) is 3. The number of aromatic nitrogens is 3. The molecule has 0 unspecified atom stereocenters. The number of imidazole rings is 1. The van der Waals surface area contributed by atoms with Crippen molar-refractivity contribution in [2.24, 2.45) is 0 Å². The molecule has 0 aromatic carbocycles. The second kappa shape index (κ2) is 4.07. The fourth-order valence-corrected chi connectivity index (χ4v) is 1.81. The van der Waals surface area contributed by atoms with Crippen LogP contribution in [0.5, 0.6) is 0 Å². The van der Waals surface area contributed by atoms with Gasteiger partial charge >= 0.3 is 0 Å². The van der Waals surface area contributed by atoms with E-state index in [1.165, 1.54) is 0 Å². The minimum Gasteiger partial charge on any atom is -0.461 e. The Morgan fingerprint density at radius 3 is 2.88 bits per heavy atom. The molecule has 0 saturated carbocycles. The summed E-state index contributed by atoms with van der Waals surface area (Å²) in [6.45, 7) is 0. The van der Waals surface area contributed by atoms with Crippen molar-refractivity contribution in [3.05, 3.63) is 54.3 Å². The number of halogens is 1. The molecule has 0 bridgehead atoms. The number of rotatable bonds is 2. The van der Waals surface area contributed by atoms with Gasteiger partial charge in [-0.3, -0.25) is 4.57 Å². The van der Waals surface area contributed by atoms with Crippen LogP contribution >= 0.6 is 11.6 Å². The van der Waals surface area contributed by atoms with Crippen molar-refractivity contribution in [2.75, 3.05) is 0 Å². The van der Waals surface area contributed by atoms with Crippen LogP contribution < -0.4 is 0 Å². The summed E-state index contributed by atoms with van der Waals surface area (Å²) in [5.41, 5.74) is 0.897. The third-order valence-corrected chi connectivity index (χ3v) is 2.58. The maximum absolute atomic E-state index is 5.87.